The van der Waals surface area contributed by atoms with Crippen LogP contribution in [0.3, 0.4) is 0 Å². The van der Waals surface area contributed by atoms with Crippen molar-refractivity contribution in [2.75, 3.05) is 13.2 Å². The average Bonchev–Trinajstić information content (AvgIpc) is 3.07. The Morgan fingerprint density at radius 1 is 1.27 bits per heavy atom. The molecule has 2 atom stereocenters. The van der Waals surface area contributed by atoms with E-state index in [1.165, 1.54) is 0 Å². The SMILES string of the molecule is CCOc1ccc(Cl)cc1C(c1cccc(Cl)c1)N1CCCC1C(=O)O. The van der Waals surface area contributed by atoms with Crippen molar-refractivity contribution in [1.82, 2.24) is 4.90 Å². The first-order valence-corrected chi connectivity index (χ1v) is 9.43. The van der Waals surface area contributed by atoms with Crippen molar-refractivity contribution in [3.63, 3.8) is 0 Å². The van der Waals surface area contributed by atoms with Crippen LogP contribution in [-0.4, -0.2) is 35.2 Å². The number of carbonyl (C=O) groups is 1. The van der Waals surface area contributed by atoms with Crippen molar-refractivity contribution in [3.05, 3.63) is 63.6 Å². The van der Waals surface area contributed by atoms with Crippen LogP contribution in [0.2, 0.25) is 10.0 Å². The molecule has 1 saturated heterocycles. The largest absolute Gasteiger partial charge is 0.494 e. The number of hydrogen-bond acceptors (Lipinski definition) is 3. The second-order valence-corrected chi connectivity index (χ2v) is 7.18. The van der Waals surface area contributed by atoms with Gasteiger partial charge in [-0.1, -0.05) is 35.3 Å². The minimum Gasteiger partial charge on any atom is -0.494 e. The summed E-state index contributed by atoms with van der Waals surface area (Å²) >= 11 is 12.5. The van der Waals surface area contributed by atoms with Crippen LogP contribution in [0.4, 0.5) is 0 Å². The maximum atomic E-state index is 11.8. The van der Waals surface area contributed by atoms with Crippen molar-refractivity contribution >= 4 is 29.2 Å². The minimum atomic E-state index is -0.811. The number of carboxylic acid groups (broad SMARTS) is 1. The van der Waals surface area contributed by atoms with Crippen LogP contribution in [-0.2, 0) is 4.79 Å². The van der Waals surface area contributed by atoms with Gasteiger partial charge >= 0.3 is 5.97 Å². The minimum absolute atomic E-state index is 0.294. The van der Waals surface area contributed by atoms with Gasteiger partial charge in [-0.15, -0.1) is 0 Å². The zero-order valence-electron chi connectivity index (χ0n) is 14.5. The Kier molecular flexibility index (Phi) is 6.07. The van der Waals surface area contributed by atoms with Gasteiger partial charge in [0, 0.05) is 22.2 Å². The summed E-state index contributed by atoms with van der Waals surface area (Å²) in [6.07, 6.45) is 1.45. The van der Waals surface area contributed by atoms with Gasteiger partial charge in [-0.25, -0.2) is 0 Å². The van der Waals surface area contributed by atoms with E-state index < -0.39 is 12.0 Å². The van der Waals surface area contributed by atoms with E-state index in [9.17, 15) is 9.90 Å². The number of benzene rings is 2. The van der Waals surface area contributed by atoms with E-state index in [4.69, 9.17) is 27.9 Å². The van der Waals surface area contributed by atoms with Gasteiger partial charge in [0.15, 0.2) is 0 Å². The highest BCUT2D eigenvalue weighted by Gasteiger charge is 2.38. The molecule has 1 fully saturated rings. The standard InChI is InChI=1S/C20H21Cl2NO3/c1-2-26-18-9-8-15(22)12-16(18)19(13-5-3-6-14(21)11-13)23-10-4-7-17(23)20(24)25/h3,5-6,8-9,11-12,17,19H,2,4,7,10H2,1H3,(H,24,25). The number of likely N-dealkylation sites (tertiary alicyclic amines) is 1. The molecule has 1 aliphatic rings. The van der Waals surface area contributed by atoms with Crippen LogP contribution in [0.5, 0.6) is 5.75 Å². The van der Waals surface area contributed by atoms with Gasteiger partial charge in [-0.05, 0) is 55.7 Å². The summed E-state index contributed by atoms with van der Waals surface area (Å²) in [5.41, 5.74) is 1.78. The van der Waals surface area contributed by atoms with Crippen molar-refractivity contribution in [2.45, 2.75) is 31.8 Å². The Balaban J connectivity index is 2.15. The molecule has 0 aromatic heterocycles. The molecule has 0 bridgehead atoms. The van der Waals surface area contributed by atoms with E-state index in [2.05, 4.69) is 0 Å². The summed E-state index contributed by atoms with van der Waals surface area (Å²) in [5.74, 6) is -0.104. The van der Waals surface area contributed by atoms with Crippen molar-refractivity contribution in [2.24, 2.45) is 0 Å². The van der Waals surface area contributed by atoms with E-state index in [1.54, 1.807) is 6.07 Å². The number of carboxylic acids is 1. The van der Waals surface area contributed by atoms with Crippen LogP contribution in [0, 0.1) is 0 Å². The molecule has 2 unspecified atom stereocenters. The van der Waals surface area contributed by atoms with Crippen LogP contribution in [0.15, 0.2) is 42.5 Å². The smallest absolute Gasteiger partial charge is 0.320 e. The third-order valence-corrected chi connectivity index (χ3v) is 5.11. The van der Waals surface area contributed by atoms with Gasteiger partial charge in [0.25, 0.3) is 0 Å². The molecule has 3 rings (SSSR count). The molecule has 4 nitrogen and oxygen atoms in total. The molecule has 1 heterocycles. The van der Waals surface area contributed by atoms with Crippen LogP contribution >= 0.6 is 23.2 Å². The zero-order valence-corrected chi connectivity index (χ0v) is 16.0. The van der Waals surface area contributed by atoms with Crippen LogP contribution in [0.1, 0.15) is 36.9 Å². The average molecular weight is 394 g/mol. The first-order valence-electron chi connectivity index (χ1n) is 8.67. The Morgan fingerprint density at radius 3 is 2.73 bits per heavy atom. The Hall–Kier alpha value is -1.75. The summed E-state index contributed by atoms with van der Waals surface area (Å²) in [7, 11) is 0. The first-order chi connectivity index (χ1) is 12.5. The van der Waals surface area contributed by atoms with E-state index in [0.717, 1.165) is 17.5 Å². The van der Waals surface area contributed by atoms with E-state index in [-0.39, 0.29) is 6.04 Å². The molecule has 0 spiro atoms. The topological polar surface area (TPSA) is 49.8 Å². The molecule has 26 heavy (non-hydrogen) atoms. The van der Waals surface area contributed by atoms with Crippen molar-refractivity contribution < 1.29 is 14.6 Å². The van der Waals surface area contributed by atoms with Crippen molar-refractivity contribution in [3.8, 4) is 5.75 Å². The molecule has 0 radical (unpaired) electrons. The number of nitrogens with zero attached hydrogens (tertiary/aromatic N) is 1. The van der Waals surface area contributed by atoms with Crippen molar-refractivity contribution in [1.29, 1.82) is 0 Å². The lowest BCUT2D eigenvalue weighted by Gasteiger charge is -2.33. The fraction of sp³-hybridized carbons (Fsp3) is 0.350. The highest BCUT2D eigenvalue weighted by atomic mass is 35.5. The predicted octanol–water partition coefficient (Wildman–Crippen LogP) is 5.03. The maximum Gasteiger partial charge on any atom is 0.320 e. The third-order valence-electron chi connectivity index (χ3n) is 4.64. The van der Waals surface area contributed by atoms with Gasteiger partial charge in [0.05, 0.1) is 12.6 Å². The van der Waals surface area contributed by atoms with Gasteiger partial charge in [-0.2, -0.15) is 0 Å². The highest BCUT2D eigenvalue weighted by molar-refractivity contribution is 6.31. The molecule has 1 N–H and O–H groups in total. The molecular weight excluding hydrogens is 373 g/mol. The summed E-state index contributed by atoms with van der Waals surface area (Å²) < 4.78 is 5.81. The lowest BCUT2D eigenvalue weighted by atomic mass is 9.95. The molecule has 138 valence electrons. The monoisotopic (exact) mass is 393 g/mol. The Bertz CT molecular complexity index is 796. The Labute approximate surface area is 163 Å². The van der Waals surface area contributed by atoms with Crippen LogP contribution < -0.4 is 4.74 Å². The number of hydrogen-bond donors (Lipinski definition) is 1. The predicted molar refractivity (Wildman–Crippen MR) is 103 cm³/mol. The number of halogens is 2. The number of aliphatic carboxylic acids is 1. The second kappa shape index (κ2) is 8.30. The zero-order chi connectivity index (χ0) is 18.7. The second-order valence-electron chi connectivity index (χ2n) is 6.31. The van der Waals surface area contributed by atoms with E-state index in [1.807, 2.05) is 48.2 Å². The van der Waals surface area contributed by atoms with E-state index in [0.29, 0.717) is 35.4 Å². The summed E-state index contributed by atoms with van der Waals surface area (Å²) in [5, 5.41) is 10.9. The summed E-state index contributed by atoms with van der Waals surface area (Å²) in [4.78, 5) is 13.8. The van der Waals surface area contributed by atoms with Gasteiger partial charge in [-0.3, -0.25) is 9.69 Å². The third kappa shape index (κ3) is 3.98. The van der Waals surface area contributed by atoms with Gasteiger partial charge in [0.2, 0.25) is 0 Å². The van der Waals surface area contributed by atoms with E-state index >= 15 is 0 Å². The molecule has 0 aliphatic carbocycles. The van der Waals surface area contributed by atoms with Gasteiger partial charge < -0.3 is 9.84 Å². The fourth-order valence-corrected chi connectivity index (χ4v) is 3.99. The quantitative estimate of drug-likeness (QED) is 0.747. The maximum absolute atomic E-state index is 11.8. The molecule has 2 aromatic rings. The lowest BCUT2D eigenvalue weighted by molar-refractivity contribution is -0.142. The molecule has 0 amide bonds. The number of ether oxygens (including phenoxy) is 1. The first kappa shape index (κ1) is 19.0. The Morgan fingerprint density at radius 2 is 2.04 bits per heavy atom. The fourth-order valence-electron chi connectivity index (χ4n) is 3.61. The van der Waals surface area contributed by atoms with Crippen LogP contribution in [0.25, 0.3) is 0 Å². The summed E-state index contributed by atoms with van der Waals surface area (Å²) in [6.45, 7) is 3.12. The lowest BCUT2D eigenvalue weighted by Crippen LogP contribution is -2.39. The van der Waals surface area contributed by atoms with Gasteiger partial charge in [0.1, 0.15) is 11.8 Å². The molecular formula is C20H21Cl2NO3. The summed E-state index contributed by atoms with van der Waals surface area (Å²) in [6, 6.07) is 12.2. The normalized spacial score (nSPS) is 18.7. The molecule has 6 heteroatoms. The highest BCUT2D eigenvalue weighted by Crippen LogP contribution is 2.40. The molecule has 0 saturated carbocycles. The number of rotatable bonds is 6. The molecule has 2 aromatic carbocycles. The molecule has 1 aliphatic heterocycles.